The van der Waals surface area contributed by atoms with Gasteiger partial charge in [-0.2, -0.15) is 17.0 Å². The summed E-state index contributed by atoms with van der Waals surface area (Å²) in [4.78, 5) is 24.8. The first kappa shape index (κ1) is 16.3. The van der Waals surface area contributed by atoms with Crippen molar-refractivity contribution in [2.45, 2.75) is 6.92 Å². The van der Waals surface area contributed by atoms with E-state index in [1.165, 1.54) is 16.7 Å². The van der Waals surface area contributed by atoms with Gasteiger partial charge in [-0.1, -0.05) is 5.92 Å². The van der Waals surface area contributed by atoms with Gasteiger partial charge in [-0.3, -0.25) is 9.59 Å². The Morgan fingerprint density at radius 1 is 1.56 bits per heavy atom. The largest absolute Gasteiger partial charge is 0.344 e. The smallest absolute Gasteiger partial charge is 0.239 e. The first-order valence-electron chi connectivity index (χ1n) is 5.48. The molecule has 0 aliphatic rings. The van der Waals surface area contributed by atoms with Crippen LogP contribution in [0.4, 0.5) is 0 Å². The van der Waals surface area contributed by atoms with E-state index >= 15 is 0 Å². The highest BCUT2D eigenvalue weighted by Crippen LogP contribution is 2.04. The van der Waals surface area contributed by atoms with Crippen molar-refractivity contribution in [1.29, 1.82) is 5.26 Å². The molecule has 1 atom stereocenters. The molecule has 98 valence electrons. The minimum absolute atomic E-state index is 0.0741. The van der Waals surface area contributed by atoms with Crippen molar-refractivity contribution in [3.05, 3.63) is 0 Å². The number of thioether (sulfide) groups is 1. The fourth-order valence-electron chi connectivity index (χ4n) is 1.29. The van der Waals surface area contributed by atoms with Gasteiger partial charge in [-0.05, 0) is 13.2 Å². The second kappa shape index (κ2) is 9.38. The summed E-state index contributed by atoms with van der Waals surface area (Å²) in [7, 11) is 0. The number of carbonyl (C=O) groups excluding carboxylic acids is 2. The number of nitriles is 1. The van der Waals surface area contributed by atoms with Gasteiger partial charge in [0, 0.05) is 13.1 Å². The van der Waals surface area contributed by atoms with Gasteiger partial charge in [0.1, 0.15) is 5.92 Å². The Hall–Kier alpha value is -1.66. The number of nitrogens with one attached hydrogen (secondary N) is 1. The predicted octanol–water partition coefficient (Wildman–Crippen LogP) is 0.0871. The van der Waals surface area contributed by atoms with Crippen molar-refractivity contribution in [2.24, 2.45) is 5.92 Å². The zero-order chi connectivity index (χ0) is 14.0. The number of terminal acetylenes is 1. The molecule has 0 aromatic carbocycles. The quantitative estimate of drug-likeness (QED) is 0.663. The molecule has 0 radical (unpaired) electrons. The standard InChI is InChI=1S/C12H17N3O2S/c1-4-6-14-12(17)10(7-13)8-15(5-2)11(16)9-18-3/h1,10H,5-6,8-9H2,2-3H3,(H,14,17). The number of nitrogens with zero attached hydrogens (tertiary/aromatic N) is 2. The van der Waals surface area contributed by atoms with Gasteiger partial charge in [0.2, 0.25) is 11.8 Å². The van der Waals surface area contributed by atoms with Gasteiger partial charge >= 0.3 is 0 Å². The summed E-state index contributed by atoms with van der Waals surface area (Å²) in [6.07, 6.45) is 6.85. The predicted molar refractivity (Wildman–Crippen MR) is 71.6 cm³/mol. The number of rotatable bonds is 7. The fraction of sp³-hybridized carbons (Fsp3) is 0.583. The van der Waals surface area contributed by atoms with Crippen LogP contribution in [0.1, 0.15) is 6.92 Å². The molecule has 0 rings (SSSR count). The van der Waals surface area contributed by atoms with Crippen LogP contribution in [0.15, 0.2) is 0 Å². The van der Waals surface area contributed by atoms with Crippen LogP contribution in [0, 0.1) is 29.6 Å². The third kappa shape index (κ3) is 5.60. The monoisotopic (exact) mass is 267 g/mol. The molecule has 18 heavy (non-hydrogen) atoms. The Morgan fingerprint density at radius 3 is 2.67 bits per heavy atom. The maximum Gasteiger partial charge on any atom is 0.239 e. The van der Waals surface area contributed by atoms with Gasteiger partial charge in [-0.15, -0.1) is 6.42 Å². The Bertz CT molecular complexity index is 370. The molecule has 0 aromatic rings. The van der Waals surface area contributed by atoms with Crippen LogP contribution in [0.25, 0.3) is 0 Å². The number of amides is 2. The van der Waals surface area contributed by atoms with Gasteiger partial charge < -0.3 is 10.2 Å². The summed E-state index contributed by atoms with van der Waals surface area (Å²) in [6.45, 7) is 2.47. The molecule has 1 N–H and O–H groups in total. The van der Waals surface area contributed by atoms with Crippen molar-refractivity contribution >= 4 is 23.6 Å². The fourth-order valence-corrected chi connectivity index (χ4v) is 1.72. The summed E-state index contributed by atoms with van der Waals surface area (Å²) in [5, 5.41) is 11.4. The molecule has 0 aromatic heterocycles. The lowest BCUT2D eigenvalue weighted by Crippen LogP contribution is -2.41. The van der Waals surface area contributed by atoms with Crippen LogP contribution < -0.4 is 5.32 Å². The van der Waals surface area contributed by atoms with Gasteiger partial charge in [-0.25, -0.2) is 0 Å². The highest BCUT2D eigenvalue weighted by Gasteiger charge is 2.22. The lowest BCUT2D eigenvalue weighted by atomic mass is 10.1. The molecule has 0 aliphatic heterocycles. The maximum absolute atomic E-state index is 11.7. The molecule has 6 heteroatoms. The minimum Gasteiger partial charge on any atom is -0.344 e. The Morgan fingerprint density at radius 2 is 2.22 bits per heavy atom. The van der Waals surface area contributed by atoms with E-state index in [0.29, 0.717) is 12.3 Å². The second-order valence-corrected chi connectivity index (χ2v) is 4.34. The Kier molecular flexibility index (Phi) is 8.51. The normalized spacial score (nSPS) is 10.9. The van der Waals surface area contributed by atoms with E-state index in [4.69, 9.17) is 11.7 Å². The number of hydrogen-bond acceptors (Lipinski definition) is 4. The van der Waals surface area contributed by atoms with E-state index in [0.717, 1.165) is 0 Å². The number of hydrogen-bond donors (Lipinski definition) is 1. The van der Waals surface area contributed by atoms with Gasteiger partial charge in [0.15, 0.2) is 0 Å². The summed E-state index contributed by atoms with van der Waals surface area (Å²) < 4.78 is 0. The molecule has 0 bridgehead atoms. The van der Waals surface area contributed by atoms with Crippen molar-refractivity contribution in [3.8, 4) is 18.4 Å². The van der Waals surface area contributed by atoms with Crippen LogP contribution >= 0.6 is 11.8 Å². The van der Waals surface area contributed by atoms with Crippen LogP contribution in [0.3, 0.4) is 0 Å². The highest BCUT2D eigenvalue weighted by molar-refractivity contribution is 7.99. The maximum atomic E-state index is 11.7. The van der Waals surface area contributed by atoms with Crippen molar-refractivity contribution in [1.82, 2.24) is 10.2 Å². The average molecular weight is 267 g/mol. The average Bonchev–Trinajstić information content (AvgIpc) is 2.37. The highest BCUT2D eigenvalue weighted by atomic mass is 32.2. The molecule has 0 spiro atoms. The summed E-state index contributed by atoms with van der Waals surface area (Å²) in [5.74, 6) is 1.21. The van der Waals surface area contributed by atoms with E-state index in [-0.39, 0.29) is 19.0 Å². The summed E-state index contributed by atoms with van der Waals surface area (Å²) >= 11 is 1.41. The molecular formula is C12H17N3O2S. The van der Waals surface area contributed by atoms with Crippen molar-refractivity contribution in [3.63, 3.8) is 0 Å². The van der Waals surface area contributed by atoms with Crippen LogP contribution in [-0.4, -0.2) is 48.4 Å². The van der Waals surface area contributed by atoms with E-state index in [9.17, 15) is 9.59 Å². The minimum atomic E-state index is -0.885. The molecule has 0 saturated carbocycles. The molecule has 0 fully saturated rings. The number of carbonyl (C=O) groups is 2. The molecule has 5 nitrogen and oxygen atoms in total. The van der Waals surface area contributed by atoms with Crippen LogP contribution in [0.5, 0.6) is 0 Å². The summed E-state index contributed by atoms with van der Waals surface area (Å²) in [6, 6.07) is 1.89. The molecular weight excluding hydrogens is 250 g/mol. The molecule has 0 heterocycles. The first-order chi connectivity index (χ1) is 8.60. The van der Waals surface area contributed by atoms with E-state index in [2.05, 4.69) is 11.2 Å². The van der Waals surface area contributed by atoms with Crippen LogP contribution in [-0.2, 0) is 9.59 Å². The SMILES string of the molecule is C#CCNC(=O)C(C#N)CN(CC)C(=O)CSC. The van der Waals surface area contributed by atoms with Crippen molar-refractivity contribution < 1.29 is 9.59 Å². The Balaban J connectivity index is 4.50. The third-order valence-electron chi connectivity index (χ3n) is 2.24. The van der Waals surface area contributed by atoms with Gasteiger partial charge in [0.05, 0.1) is 18.4 Å². The second-order valence-electron chi connectivity index (χ2n) is 3.47. The summed E-state index contributed by atoms with van der Waals surface area (Å²) in [5.41, 5.74) is 0. The van der Waals surface area contributed by atoms with E-state index in [1.807, 2.05) is 19.2 Å². The van der Waals surface area contributed by atoms with Crippen LogP contribution in [0.2, 0.25) is 0 Å². The lowest BCUT2D eigenvalue weighted by Gasteiger charge is -2.22. The van der Waals surface area contributed by atoms with Crippen molar-refractivity contribution in [2.75, 3.05) is 31.6 Å². The first-order valence-corrected chi connectivity index (χ1v) is 6.87. The lowest BCUT2D eigenvalue weighted by molar-refractivity contribution is -0.130. The molecule has 1 unspecified atom stereocenters. The van der Waals surface area contributed by atoms with Gasteiger partial charge in [0.25, 0.3) is 0 Å². The van der Waals surface area contributed by atoms with E-state index in [1.54, 1.807) is 0 Å². The molecule has 0 saturated heterocycles. The zero-order valence-corrected chi connectivity index (χ0v) is 11.4. The zero-order valence-electron chi connectivity index (χ0n) is 10.6. The third-order valence-corrected chi connectivity index (χ3v) is 2.78. The van der Waals surface area contributed by atoms with E-state index < -0.39 is 11.8 Å². The molecule has 0 aliphatic carbocycles. The Labute approximate surface area is 112 Å². The topological polar surface area (TPSA) is 73.2 Å². The molecule has 2 amide bonds.